The van der Waals surface area contributed by atoms with Gasteiger partial charge in [-0.1, -0.05) is 20.3 Å². The van der Waals surface area contributed by atoms with Gasteiger partial charge < -0.3 is 9.47 Å². The van der Waals surface area contributed by atoms with Crippen LogP contribution >= 0.6 is 11.8 Å². The fourth-order valence-electron chi connectivity index (χ4n) is 2.36. The summed E-state index contributed by atoms with van der Waals surface area (Å²) < 4.78 is 10.5. The first-order valence-electron chi connectivity index (χ1n) is 7.37. The minimum absolute atomic E-state index is 0.355. The standard InChI is InChI=1S/C17H26O3S/c1-7-8-11(2)14-10-15(12(3)9-16(14)21-6)20-13(4)17(18)19-5/h9-11,13H,7-8H2,1-6H3. The van der Waals surface area contributed by atoms with Crippen molar-refractivity contribution in [1.82, 2.24) is 0 Å². The Hall–Kier alpha value is -1.16. The summed E-state index contributed by atoms with van der Waals surface area (Å²) in [5.41, 5.74) is 2.34. The average Bonchev–Trinajstić information content (AvgIpc) is 2.47. The monoisotopic (exact) mass is 310 g/mol. The summed E-state index contributed by atoms with van der Waals surface area (Å²) in [6, 6.07) is 4.23. The van der Waals surface area contributed by atoms with Gasteiger partial charge in [-0.2, -0.15) is 0 Å². The molecule has 0 bridgehead atoms. The number of aryl methyl sites for hydroxylation is 1. The van der Waals surface area contributed by atoms with Crippen LogP contribution in [-0.2, 0) is 9.53 Å². The van der Waals surface area contributed by atoms with E-state index in [0.29, 0.717) is 5.92 Å². The second kappa shape index (κ2) is 8.32. The molecule has 2 atom stereocenters. The second-order valence-electron chi connectivity index (χ2n) is 5.33. The van der Waals surface area contributed by atoms with Crippen LogP contribution in [-0.4, -0.2) is 25.4 Å². The first-order chi connectivity index (χ1) is 9.94. The Morgan fingerprint density at radius 2 is 2.00 bits per heavy atom. The zero-order valence-corrected chi connectivity index (χ0v) is 14.7. The van der Waals surface area contributed by atoms with Crippen molar-refractivity contribution < 1.29 is 14.3 Å². The van der Waals surface area contributed by atoms with E-state index in [0.717, 1.165) is 24.2 Å². The summed E-state index contributed by atoms with van der Waals surface area (Å²) in [6.45, 7) is 8.15. The van der Waals surface area contributed by atoms with Crippen LogP contribution in [0.3, 0.4) is 0 Å². The zero-order valence-electron chi connectivity index (χ0n) is 13.9. The molecule has 0 aromatic heterocycles. The van der Waals surface area contributed by atoms with Gasteiger partial charge in [0.2, 0.25) is 0 Å². The Labute approximate surface area is 132 Å². The van der Waals surface area contributed by atoms with Gasteiger partial charge in [0.05, 0.1) is 7.11 Å². The predicted molar refractivity (Wildman–Crippen MR) is 88.4 cm³/mol. The lowest BCUT2D eigenvalue weighted by molar-refractivity contribution is -0.147. The molecule has 0 aliphatic rings. The Morgan fingerprint density at radius 3 is 2.52 bits per heavy atom. The van der Waals surface area contributed by atoms with Gasteiger partial charge in [-0.05, 0) is 55.7 Å². The lowest BCUT2D eigenvalue weighted by atomic mass is 9.95. The fourth-order valence-corrected chi connectivity index (χ4v) is 3.15. The Bertz CT molecular complexity index is 485. The minimum Gasteiger partial charge on any atom is -0.479 e. The van der Waals surface area contributed by atoms with Crippen LogP contribution in [0.4, 0.5) is 0 Å². The number of esters is 1. The molecule has 0 amide bonds. The summed E-state index contributed by atoms with van der Waals surface area (Å²) >= 11 is 1.75. The summed E-state index contributed by atoms with van der Waals surface area (Å²) in [5, 5.41) is 0. The highest BCUT2D eigenvalue weighted by Crippen LogP contribution is 2.35. The molecule has 4 heteroatoms. The molecule has 0 N–H and O–H groups in total. The van der Waals surface area contributed by atoms with Crippen molar-refractivity contribution in [3.63, 3.8) is 0 Å². The number of ether oxygens (including phenoxy) is 2. The van der Waals surface area contributed by atoms with Gasteiger partial charge in [-0.15, -0.1) is 11.8 Å². The van der Waals surface area contributed by atoms with E-state index in [9.17, 15) is 4.79 Å². The highest BCUT2D eigenvalue weighted by molar-refractivity contribution is 7.98. The molecule has 21 heavy (non-hydrogen) atoms. The number of methoxy groups -OCH3 is 1. The van der Waals surface area contributed by atoms with Crippen molar-refractivity contribution >= 4 is 17.7 Å². The van der Waals surface area contributed by atoms with Crippen LogP contribution in [0.5, 0.6) is 5.75 Å². The Kier molecular flexibility index (Phi) is 7.09. The van der Waals surface area contributed by atoms with Gasteiger partial charge >= 0.3 is 5.97 Å². The average molecular weight is 310 g/mol. The van der Waals surface area contributed by atoms with E-state index < -0.39 is 6.10 Å². The van der Waals surface area contributed by atoms with E-state index in [-0.39, 0.29) is 5.97 Å². The lowest BCUT2D eigenvalue weighted by Crippen LogP contribution is -2.25. The van der Waals surface area contributed by atoms with E-state index in [1.54, 1.807) is 18.7 Å². The number of carbonyl (C=O) groups excluding carboxylic acids is 1. The van der Waals surface area contributed by atoms with Gasteiger partial charge in [0.25, 0.3) is 0 Å². The SMILES string of the molecule is CCCC(C)c1cc(OC(C)C(=O)OC)c(C)cc1SC. The minimum atomic E-state index is -0.594. The molecule has 0 aliphatic carbocycles. The molecule has 3 nitrogen and oxygen atoms in total. The molecule has 0 radical (unpaired) electrons. The molecule has 1 aromatic rings. The topological polar surface area (TPSA) is 35.5 Å². The van der Waals surface area contributed by atoms with Crippen LogP contribution in [0.15, 0.2) is 17.0 Å². The number of hydrogen-bond acceptors (Lipinski definition) is 4. The Balaban J connectivity index is 3.10. The fraction of sp³-hybridized carbons (Fsp3) is 0.588. The van der Waals surface area contributed by atoms with E-state index in [1.165, 1.54) is 17.6 Å². The quantitative estimate of drug-likeness (QED) is 0.546. The highest BCUT2D eigenvalue weighted by Gasteiger charge is 2.18. The summed E-state index contributed by atoms with van der Waals surface area (Å²) in [6.07, 6.45) is 3.79. The summed E-state index contributed by atoms with van der Waals surface area (Å²) in [7, 11) is 1.38. The normalized spacial score (nSPS) is 13.6. The maximum atomic E-state index is 11.5. The molecule has 1 rings (SSSR count). The van der Waals surface area contributed by atoms with Crippen LogP contribution in [0.2, 0.25) is 0 Å². The largest absolute Gasteiger partial charge is 0.479 e. The van der Waals surface area contributed by atoms with Crippen molar-refractivity contribution in [2.75, 3.05) is 13.4 Å². The number of rotatable bonds is 7. The molecule has 1 aromatic carbocycles. The molecular formula is C17H26O3S. The first-order valence-corrected chi connectivity index (χ1v) is 8.60. The van der Waals surface area contributed by atoms with Crippen molar-refractivity contribution in [3.05, 3.63) is 23.3 Å². The van der Waals surface area contributed by atoms with Crippen molar-refractivity contribution in [2.24, 2.45) is 0 Å². The van der Waals surface area contributed by atoms with E-state index in [2.05, 4.69) is 32.2 Å². The third-order valence-corrected chi connectivity index (χ3v) is 4.41. The molecule has 0 fully saturated rings. The van der Waals surface area contributed by atoms with Gasteiger partial charge in [0.15, 0.2) is 6.10 Å². The van der Waals surface area contributed by atoms with Crippen LogP contribution in [0.1, 0.15) is 50.7 Å². The number of carbonyl (C=O) groups is 1. The summed E-state index contributed by atoms with van der Waals surface area (Å²) in [5.74, 6) is 0.893. The molecule has 0 saturated carbocycles. The predicted octanol–water partition coefficient (Wildman–Crippen LogP) is 4.56. The van der Waals surface area contributed by atoms with Crippen LogP contribution in [0.25, 0.3) is 0 Å². The van der Waals surface area contributed by atoms with Gasteiger partial charge in [-0.3, -0.25) is 0 Å². The van der Waals surface area contributed by atoms with Crippen molar-refractivity contribution in [1.29, 1.82) is 0 Å². The van der Waals surface area contributed by atoms with Crippen molar-refractivity contribution in [3.8, 4) is 5.75 Å². The maximum absolute atomic E-state index is 11.5. The molecule has 2 unspecified atom stereocenters. The van der Waals surface area contributed by atoms with E-state index >= 15 is 0 Å². The zero-order chi connectivity index (χ0) is 16.0. The highest BCUT2D eigenvalue weighted by atomic mass is 32.2. The smallest absolute Gasteiger partial charge is 0.346 e. The molecule has 118 valence electrons. The lowest BCUT2D eigenvalue weighted by Gasteiger charge is -2.20. The third-order valence-electron chi connectivity index (χ3n) is 3.62. The van der Waals surface area contributed by atoms with Gasteiger partial charge in [0, 0.05) is 4.90 Å². The van der Waals surface area contributed by atoms with Crippen LogP contribution < -0.4 is 4.74 Å². The number of thioether (sulfide) groups is 1. The molecule has 0 spiro atoms. The summed E-state index contributed by atoms with van der Waals surface area (Å²) in [4.78, 5) is 12.8. The van der Waals surface area contributed by atoms with E-state index in [1.807, 2.05) is 6.92 Å². The third kappa shape index (κ3) is 4.67. The molecular weight excluding hydrogens is 284 g/mol. The maximum Gasteiger partial charge on any atom is 0.346 e. The van der Waals surface area contributed by atoms with Crippen molar-refractivity contribution in [2.45, 2.75) is 57.5 Å². The van der Waals surface area contributed by atoms with Crippen LogP contribution in [0, 0.1) is 6.92 Å². The van der Waals surface area contributed by atoms with Gasteiger partial charge in [-0.25, -0.2) is 4.79 Å². The molecule has 0 heterocycles. The number of hydrogen-bond donors (Lipinski definition) is 0. The van der Waals surface area contributed by atoms with E-state index in [4.69, 9.17) is 9.47 Å². The first kappa shape index (κ1) is 17.9. The molecule has 0 saturated heterocycles. The molecule has 0 aliphatic heterocycles. The second-order valence-corrected chi connectivity index (χ2v) is 6.18. The van der Waals surface area contributed by atoms with Gasteiger partial charge in [0.1, 0.15) is 5.75 Å². The number of benzene rings is 1. The Morgan fingerprint density at radius 1 is 1.33 bits per heavy atom.